The van der Waals surface area contributed by atoms with Crippen LogP contribution in [0.5, 0.6) is 0 Å². The molecule has 0 spiro atoms. The predicted molar refractivity (Wildman–Crippen MR) is 90.7 cm³/mol. The molecule has 0 saturated heterocycles. The number of carboxylic acids is 1. The van der Waals surface area contributed by atoms with Crippen molar-refractivity contribution in [2.45, 2.75) is 6.92 Å². The molecule has 0 aliphatic rings. The molecule has 0 unspecified atom stereocenters. The van der Waals surface area contributed by atoms with E-state index in [2.05, 4.69) is 10.3 Å². The van der Waals surface area contributed by atoms with Gasteiger partial charge in [0.2, 0.25) is 5.56 Å². The Morgan fingerprint density at radius 2 is 1.71 bits per heavy atom. The van der Waals surface area contributed by atoms with Gasteiger partial charge in [0.05, 0.1) is 5.69 Å². The molecule has 2 aromatic carbocycles. The summed E-state index contributed by atoms with van der Waals surface area (Å²) < 4.78 is 0. The number of pyridine rings is 1. The lowest BCUT2D eigenvalue weighted by atomic mass is 10.00. The number of aryl methyl sites for hydroxylation is 1. The summed E-state index contributed by atoms with van der Waals surface area (Å²) in [5, 5.41) is 13.4. The van der Waals surface area contributed by atoms with Crippen molar-refractivity contribution in [1.29, 1.82) is 0 Å². The number of aromatic nitrogens is 1. The van der Waals surface area contributed by atoms with Crippen molar-refractivity contribution in [3.05, 3.63) is 75.7 Å². The highest BCUT2D eigenvalue weighted by atomic mass is 16.4. The van der Waals surface area contributed by atoms with Crippen LogP contribution in [0.25, 0.3) is 10.8 Å². The minimum atomic E-state index is -1.32. The van der Waals surface area contributed by atoms with Gasteiger partial charge in [-0.1, -0.05) is 30.3 Å². The monoisotopic (exact) mass is 322 g/mol. The van der Waals surface area contributed by atoms with Crippen LogP contribution in [0.2, 0.25) is 0 Å². The third-order valence-corrected chi connectivity index (χ3v) is 3.77. The van der Waals surface area contributed by atoms with E-state index in [-0.39, 0.29) is 11.4 Å². The second kappa shape index (κ2) is 6.00. The number of carboxylic acid groups (broad SMARTS) is 1. The lowest BCUT2D eigenvalue weighted by Gasteiger charge is -2.11. The minimum Gasteiger partial charge on any atom is -0.477 e. The van der Waals surface area contributed by atoms with Gasteiger partial charge >= 0.3 is 5.97 Å². The van der Waals surface area contributed by atoms with Gasteiger partial charge in [0.25, 0.3) is 5.91 Å². The Hall–Kier alpha value is -3.41. The van der Waals surface area contributed by atoms with Crippen LogP contribution in [0.1, 0.15) is 26.4 Å². The van der Waals surface area contributed by atoms with E-state index in [1.165, 1.54) is 6.07 Å². The second-order valence-corrected chi connectivity index (χ2v) is 5.35. The molecule has 1 aromatic heterocycles. The molecule has 0 radical (unpaired) electrons. The number of rotatable bonds is 3. The maximum Gasteiger partial charge on any atom is 0.354 e. The van der Waals surface area contributed by atoms with Crippen molar-refractivity contribution in [2.24, 2.45) is 0 Å². The molecule has 3 aromatic rings. The van der Waals surface area contributed by atoms with E-state index in [1.807, 2.05) is 37.3 Å². The summed E-state index contributed by atoms with van der Waals surface area (Å²) in [5.41, 5.74) is 0.603. The molecule has 1 amide bonds. The summed E-state index contributed by atoms with van der Waals surface area (Å²) >= 11 is 0. The first kappa shape index (κ1) is 15.5. The number of hydrogen-bond acceptors (Lipinski definition) is 3. The van der Waals surface area contributed by atoms with Crippen LogP contribution < -0.4 is 10.9 Å². The van der Waals surface area contributed by atoms with Crippen molar-refractivity contribution >= 4 is 28.3 Å². The smallest absolute Gasteiger partial charge is 0.354 e. The van der Waals surface area contributed by atoms with Crippen LogP contribution in [-0.4, -0.2) is 22.0 Å². The summed E-state index contributed by atoms with van der Waals surface area (Å²) in [7, 11) is 0. The summed E-state index contributed by atoms with van der Waals surface area (Å²) in [6, 6.07) is 13.4. The highest BCUT2D eigenvalue weighted by Crippen LogP contribution is 2.23. The van der Waals surface area contributed by atoms with Crippen molar-refractivity contribution in [2.75, 3.05) is 5.32 Å². The Kier molecular flexibility index (Phi) is 3.87. The van der Waals surface area contributed by atoms with Gasteiger partial charge in [0, 0.05) is 11.6 Å². The number of anilines is 1. The number of aromatic carboxylic acids is 1. The lowest BCUT2D eigenvalue weighted by molar-refractivity contribution is 0.0691. The largest absolute Gasteiger partial charge is 0.477 e. The highest BCUT2D eigenvalue weighted by molar-refractivity contribution is 6.14. The average molecular weight is 322 g/mol. The first-order chi connectivity index (χ1) is 11.5. The molecule has 0 fully saturated rings. The van der Waals surface area contributed by atoms with Gasteiger partial charge < -0.3 is 15.4 Å². The maximum absolute atomic E-state index is 12.6. The molecule has 3 N–H and O–H groups in total. The molecule has 120 valence electrons. The number of carbonyl (C=O) groups excluding carboxylic acids is 1. The Balaban J connectivity index is 2.05. The number of benzene rings is 2. The van der Waals surface area contributed by atoms with Crippen LogP contribution in [0.15, 0.2) is 53.3 Å². The van der Waals surface area contributed by atoms with Crippen molar-refractivity contribution in [3.63, 3.8) is 0 Å². The molecule has 3 rings (SSSR count). The van der Waals surface area contributed by atoms with Gasteiger partial charge in [0.15, 0.2) is 5.69 Å². The van der Waals surface area contributed by atoms with Crippen molar-refractivity contribution < 1.29 is 14.7 Å². The minimum absolute atomic E-state index is 0.0387. The van der Waals surface area contributed by atoms with Crippen LogP contribution in [0.4, 0.5) is 5.69 Å². The Bertz CT molecular complexity index is 1020. The third-order valence-electron chi connectivity index (χ3n) is 3.77. The van der Waals surface area contributed by atoms with Crippen LogP contribution in [-0.2, 0) is 0 Å². The summed E-state index contributed by atoms with van der Waals surface area (Å²) in [6.07, 6.45) is 0. The maximum atomic E-state index is 12.6. The van der Waals surface area contributed by atoms with E-state index < -0.39 is 17.4 Å². The van der Waals surface area contributed by atoms with Gasteiger partial charge in [-0.3, -0.25) is 9.59 Å². The van der Waals surface area contributed by atoms with E-state index in [4.69, 9.17) is 5.11 Å². The third kappa shape index (κ3) is 2.77. The molecule has 1 heterocycles. The average Bonchev–Trinajstić information content (AvgIpc) is 2.56. The van der Waals surface area contributed by atoms with Gasteiger partial charge in [0.1, 0.15) is 0 Å². The number of hydrogen-bond donors (Lipinski definition) is 3. The van der Waals surface area contributed by atoms with Gasteiger partial charge in [-0.25, -0.2) is 4.79 Å². The standard InChI is InChI=1S/C18H14N2O4/c1-10-6-7-13(12-5-3-2-4-11(10)12)17(22)19-14-8-9-15(21)20-16(14)18(23)24/h2-9H,1H3,(H,19,22)(H,20,21)(H,23,24). The van der Waals surface area contributed by atoms with Crippen molar-refractivity contribution in [3.8, 4) is 0 Å². The Morgan fingerprint density at radius 1 is 1.00 bits per heavy atom. The zero-order chi connectivity index (χ0) is 17.3. The van der Waals surface area contributed by atoms with Gasteiger partial charge in [-0.05, 0) is 35.4 Å². The predicted octanol–water partition coefficient (Wildman–Crippen LogP) is 2.79. The normalized spacial score (nSPS) is 10.5. The molecule has 0 saturated carbocycles. The topological polar surface area (TPSA) is 99.3 Å². The summed E-state index contributed by atoms with van der Waals surface area (Å²) in [4.78, 5) is 37.3. The number of amides is 1. The molecular formula is C18H14N2O4. The fraction of sp³-hybridized carbons (Fsp3) is 0.0556. The zero-order valence-electron chi connectivity index (χ0n) is 12.8. The number of aromatic amines is 1. The van der Waals surface area contributed by atoms with Gasteiger partial charge in [-0.2, -0.15) is 0 Å². The number of H-pyrrole nitrogens is 1. The molecule has 0 atom stereocenters. The van der Waals surface area contributed by atoms with E-state index in [0.29, 0.717) is 5.56 Å². The summed E-state index contributed by atoms with van der Waals surface area (Å²) in [5.74, 6) is -1.77. The van der Waals surface area contributed by atoms with Crippen LogP contribution in [0.3, 0.4) is 0 Å². The fourth-order valence-electron chi connectivity index (χ4n) is 2.58. The van der Waals surface area contributed by atoms with Gasteiger partial charge in [-0.15, -0.1) is 0 Å². The molecule has 24 heavy (non-hydrogen) atoms. The molecule has 6 heteroatoms. The molecule has 0 bridgehead atoms. The number of fused-ring (bicyclic) bond motifs is 1. The van der Waals surface area contributed by atoms with E-state index in [9.17, 15) is 14.4 Å². The molecule has 6 nitrogen and oxygen atoms in total. The first-order valence-corrected chi connectivity index (χ1v) is 7.23. The highest BCUT2D eigenvalue weighted by Gasteiger charge is 2.16. The van der Waals surface area contributed by atoms with E-state index in [0.717, 1.165) is 22.4 Å². The fourth-order valence-corrected chi connectivity index (χ4v) is 2.58. The Labute approximate surface area is 136 Å². The SMILES string of the molecule is Cc1ccc(C(=O)Nc2ccc(=O)[nH]c2C(=O)O)c2ccccc12. The number of carbonyl (C=O) groups is 2. The second-order valence-electron chi connectivity index (χ2n) is 5.35. The molecule has 0 aliphatic heterocycles. The summed E-state index contributed by atoms with van der Waals surface area (Å²) in [6.45, 7) is 1.95. The van der Waals surface area contributed by atoms with E-state index >= 15 is 0 Å². The van der Waals surface area contributed by atoms with E-state index in [1.54, 1.807) is 6.07 Å². The molecule has 0 aliphatic carbocycles. The first-order valence-electron chi connectivity index (χ1n) is 7.23. The van der Waals surface area contributed by atoms with Crippen molar-refractivity contribution in [1.82, 2.24) is 4.98 Å². The lowest BCUT2D eigenvalue weighted by Crippen LogP contribution is -2.19. The Morgan fingerprint density at radius 3 is 2.42 bits per heavy atom. The number of nitrogens with one attached hydrogen (secondary N) is 2. The quantitative estimate of drug-likeness (QED) is 0.690. The van der Waals surface area contributed by atoms with Crippen LogP contribution >= 0.6 is 0 Å². The zero-order valence-corrected chi connectivity index (χ0v) is 12.8. The molecular weight excluding hydrogens is 308 g/mol. The van der Waals surface area contributed by atoms with Crippen LogP contribution in [0, 0.1) is 6.92 Å².